The van der Waals surface area contributed by atoms with Gasteiger partial charge in [0, 0.05) is 0 Å². The molecule has 0 amide bonds. The average molecular weight is 100 g/mol. The number of hydrogen-bond donors (Lipinski definition) is 1. The van der Waals surface area contributed by atoms with E-state index in [1.165, 1.54) is 13.2 Å². The molecule has 0 aromatic heterocycles. The lowest BCUT2D eigenvalue weighted by molar-refractivity contribution is 0.405. The van der Waals surface area contributed by atoms with Crippen LogP contribution in [0.5, 0.6) is 0 Å². The summed E-state index contributed by atoms with van der Waals surface area (Å²) in [7, 11) is 1.48. The highest BCUT2D eigenvalue weighted by molar-refractivity contribution is 5.86. The number of rotatable bonds is 1. The quantitative estimate of drug-likeness (QED) is 0.220. The van der Waals surface area contributed by atoms with Gasteiger partial charge in [-0.15, -0.1) is 5.10 Å². The SMILES string of the molecule is C=C/C(=N/N)OC. The lowest BCUT2D eigenvalue weighted by Crippen LogP contribution is -1.98. The van der Waals surface area contributed by atoms with Gasteiger partial charge < -0.3 is 10.6 Å². The molecule has 0 aliphatic rings. The standard InChI is InChI=1S/C4H8N2O/c1-3-4(6-5)7-2/h3H,1,5H2,2H3/b6-4-. The van der Waals surface area contributed by atoms with E-state index in [1.807, 2.05) is 0 Å². The summed E-state index contributed by atoms with van der Waals surface area (Å²) in [5.41, 5.74) is 0. The molecule has 0 fully saturated rings. The van der Waals surface area contributed by atoms with Crippen molar-refractivity contribution in [3.8, 4) is 0 Å². The van der Waals surface area contributed by atoms with Crippen molar-refractivity contribution in [3.63, 3.8) is 0 Å². The van der Waals surface area contributed by atoms with E-state index in [9.17, 15) is 0 Å². The molecular formula is C4H8N2O. The van der Waals surface area contributed by atoms with Gasteiger partial charge in [-0.3, -0.25) is 0 Å². The molecule has 0 aromatic rings. The topological polar surface area (TPSA) is 47.6 Å². The summed E-state index contributed by atoms with van der Waals surface area (Å²) in [4.78, 5) is 0. The Bertz CT molecular complexity index is 87.7. The molecule has 40 valence electrons. The van der Waals surface area contributed by atoms with Crippen LogP contribution in [0.4, 0.5) is 0 Å². The van der Waals surface area contributed by atoms with Crippen LogP contribution in [0.15, 0.2) is 17.8 Å². The summed E-state index contributed by atoms with van der Waals surface area (Å²) < 4.78 is 4.56. The first kappa shape index (κ1) is 6.01. The highest BCUT2D eigenvalue weighted by atomic mass is 16.5. The molecule has 0 spiro atoms. The molecule has 3 nitrogen and oxygen atoms in total. The Kier molecular flexibility index (Phi) is 2.76. The van der Waals surface area contributed by atoms with Gasteiger partial charge in [0.1, 0.15) is 0 Å². The number of hydrogen-bond acceptors (Lipinski definition) is 3. The van der Waals surface area contributed by atoms with Crippen molar-refractivity contribution >= 4 is 5.90 Å². The molecule has 3 heteroatoms. The van der Waals surface area contributed by atoms with E-state index in [1.54, 1.807) is 0 Å². The van der Waals surface area contributed by atoms with Crippen molar-refractivity contribution in [2.45, 2.75) is 0 Å². The predicted octanol–water partition coefficient (Wildman–Crippen LogP) is 0.0910. The van der Waals surface area contributed by atoms with Gasteiger partial charge in [-0.2, -0.15) is 0 Å². The Morgan fingerprint density at radius 3 is 2.57 bits per heavy atom. The van der Waals surface area contributed by atoms with Crippen LogP contribution in [0, 0.1) is 0 Å². The van der Waals surface area contributed by atoms with Gasteiger partial charge >= 0.3 is 0 Å². The number of nitrogens with two attached hydrogens (primary N) is 1. The first-order valence-corrected chi connectivity index (χ1v) is 1.79. The van der Waals surface area contributed by atoms with Gasteiger partial charge in [-0.05, 0) is 6.08 Å². The molecule has 7 heavy (non-hydrogen) atoms. The van der Waals surface area contributed by atoms with Crippen molar-refractivity contribution < 1.29 is 4.74 Å². The van der Waals surface area contributed by atoms with Crippen molar-refractivity contribution in [1.82, 2.24) is 0 Å². The van der Waals surface area contributed by atoms with E-state index in [2.05, 4.69) is 16.4 Å². The molecule has 0 aromatic carbocycles. The Labute approximate surface area is 42.5 Å². The number of hydrazone groups is 1. The minimum Gasteiger partial charge on any atom is -0.480 e. The number of ether oxygens (including phenoxy) is 1. The maximum absolute atomic E-state index is 4.79. The fraction of sp³-hybridized carbons (Fsp3) is 0.250. The van der Waals surface area contributed by atoms with Crippen LogP contribution in [0.3, 0.4) is 0 Å². The van der Waals surface area contributed by atoms with E-state index >= 15 is 0 Å². The Hall–Kier alpha value is -0.990. The van der Waals surface area contributed by atoms with Crippen LogP contribution < -0.4 is 5.84 Å². The van der Waals surface area contributed by atoms with E-state index in [4.69, 9.17) is 5.84 Å². The Morgan fingerprint density at radius 2 is 2.57 bits per heavy atom. The Balaban J connectivity index is 3.60. The zero-order valence-corrected chi connectivity index (χ0v) is 4.22. The fourth-order valence-electron chi connectivity index (χ4n) is 0.189. The largest absolute Gasteiger partial charge is 0.480 e. The third-order valence-corrected chi connectivity index (χ3v) is 0.511. The summed E-state index contributed by atoms with van der Waals surface area (Å²) in [6.45, 7) is 3.37. The van der Waals surface area contributed by atoms with Crippen LogP contribution in [-0.2, 0) is 4.74 Å². The van der Waals surface area contributed by atoms with E-state index in [-0.39, 0.29) is 0 Å². The molecule has 0 atom stereocenters. The van der Waals surface area contributed by atoms with Gasteiger partial charge in [0.15, 0.2) is 0 Å². The zero-order valence-electron chi connectivity index (χ0n) is 4.22. The second-order valence-corrected chi connectivity index (χ2v) is 0.876. The van der Waals surface area contributed by atoms with Crippen molar-refractivity contribution in [1.29, 1.82) is 0 Å². The molecule has 0 heterocycles. The minimum atomic E-state index is 0.347. The summed E-state index contributed by atoms with van der Waals surface area (Å²) >= 11 is 0. The summed E-state index contributed by atoms with van der Waals surface area (Å²) in [6, 6.07) is 0. The lowest BCUT2D eigenvalue weighted by Gasteiger charge is -1.91. The molecule has 0 saturated heterocycles. The van der Waals surface area contributed by atoms with Crippen LogP contribution in [0.25, 0.3) is 0 Å². The van der Waals surface area contributed by atoms with Crippen molar-refractivity contribution in [2.75, 3.05) is 7.11 Å². The number of methoxy groups -OCH3 is 1. The van der Waals surface area contributed by atoms with Crippen LogP contribution in [0.2, 0.25) is 0 Å². The van der Waals surface area contributed by atoms with Crippen LogP contribution >= 0.6 is 0 Å². The van der Waals surface area contributed by atoms with Crippen molar-refractivity contribution in [3.05, 3.63) is 12.7 Å². The molecule has 0 radical (unpaired) electrons. The first-order chi connectivity index (χ1) is 3.35. The van der Waals surface area contributed by atoms with Gasteiger partial charge in [0.05, 0.1) is 7.11 Å². The minimum absolute atomic E-state index is 0.347. The van der Waals surface area contributed by atoms with E-state index < -0.39 is 0 Å². The highest BCUT2D eigenvalue weighted by Crippen LogP contribution is 1.73. The number of nitrogens with zero attached hydrogens (tertiary/aromatic N) is 1. The highest BCUT2D eigenvalue weighted by Gasteiger charge is 1.81. The van der Waals surface area contributed by atoms with Crippen LogP contribution in [-0.4, -0.2) is 13.0 Å². The molecule has 0 rings (SSSR count). The summed E-state index contributed by atoms with van der Waals surface area (Å²) in [5.74, 6) is 5.13. The maximum Gasteiger partial charge on any atom is 0.229 e. The monoisotopic (exact) mass is 100 g/mol. The smallest absolute Gasteiger partial charge is 0.229 e. The third kappa shape index (κ3) is 1.81. The lowest BCUT2D eigenvalue weighted by atomic mass is 10.6. The van der Waals surface area contributed by atoms with Gasteiger partial charge in [0.25, 0.3) is 0 Å². The normalized spacial score (nSPS) is 10.7. The second-order valence-electron chi connectivity index (χ2n) is 0.876. The van der Waals surface area contributed by atoms with Gasteiger partial charge in [-0.1, -0.05) is 6.58 Å². The Morgan fingerprint density at radius 1 is 2.00 bits per heavy atom. The zero-order chi connectivity index (χ0) is 5.70. The summed E-state index contributed by atoms with van der Waals surface area (Å²) in [6.07, 6.45) is 1.43. The second kappa shape index (κ2) is 3.21. The van der Waals surface area contributed by atoms with E-state index in [0.717, 1.165) is 0 Å². The molecule has 0 saturated carbocycles. The van der Waals surface area contributed by atoms with Crippen LogP contribution in [0.1, 0.15) is 0 Å². The average Bonchev–Trinajstić information content (AvgIpc) is 1.72. The third-order valence-electron chi connectivity index (χ3n) is 0.511. The molecule has 0 unspecified atom stereocenters. The molecule has 0 aliphatic heterocycles. The summed E-state index contributed by atoms with van der Waals surface area (Å²) in [5, 5.41) is 3.20. The molecule has 2 N–H and O–H groups in total. The first-order valence-electron chi connectivity index (χ1n) is 1.79. The van der Waals surface area contributed by atoms with Gasteiger partial charge in [0.2, 0.25) is 5.90 Å². The molecule has 0 bridgehead atoms. The predicted molar refractivity (Wildman–Crippen MR) is 28.8 cm³/mol. The maximum atomic E-state index is 4.79. The molecule has 0 aliphatic carbocycles. The van der Waals surface area contributed by atoms with Gasteiger partial charge in [-0.25, -0.2) is 0 Å². The van der Waals surface area contributed by atoms with E-state index in [0.29, 0.717) is 5.90 Å². The molecular weight excluding hydrogens is 92.1 g/mol. The van der Waals surface area contributed by atoms with Crippen molar-refractivity contribution in [2.24, 2.45) is 10.9 Å². The fourth-order valence-corrected chi connectivity index (χ4v) is 0.189.